The normalized spacial score (nSPS) is 12.5. The standard InChI is InChI=1S/C18H20ClNO4S/c1-4-24-17-10-7-14(11-16(17)19)18(21)20-12(2)13-5-8-15(9-6-13)25(3,22)23/h5-12H,4H2,1-3H3,(H,20,21)/t12-/m1/s1. The molecule has 0 heterocycles. The molecule has 2 rings (SSSR count). The number of nitrogens with one attached hydrogen (secondary N) is 1. The molecule has 0 aliphatic rings. The Bertz CT molecular complexity index is 863. The number of hydrogen-bond donors (Lipinski definition) is 1. The molecule has 0 aromatic heterocycles. The average molecular weight is 382 g/mol. The maximum atomic E-state index is 12.4. The number of amides is 1. The lowest BCUT2D eigenvalue weighted by Gasteiger charge is -2.15. The third kappa shape index (κ3) is 4.96. The van der Waals surface area contributed by atoms with Crippen molar-refractivity contribution in [1.82, 2.24) is 5.32 Å². The van der Waals surface area contributed by atoms with Gasteiger partial charge in [-0.3, -0.25) is 4.79 Å². The Labute approximate surface area is 152 Å². The minimum absolute atomic E-state index is 0.244. The van der Waals surface area contributed by atoms with Crippen molar-refractivity contribution in [2.24, 2.45) is 0 Å². The van der Waals surface area contributed by atoms with Crippen molar-refractivity contribution < 1.29 is 17.9 Å². The number of carbonyl (C=O) groups excluding carboxylic acids is 1. The van der Waals surface area contributed by atoms with Crippen LogP contribution in [0.15, 0.2) is 47.4 Å². The van der Waals surface area contributed by atoms with Crippen molar-refractivity contribution in [3.05, 3.63) is 58.6 Å². The zero-order valence-electron chi connectivity index (χ0n) is 14.2. The van der Waals surface area contributed by atoms with Crippen LogP contribution in [0.1, 0.15) is 35.8 Å². The summed E-state index contributed by atoms with van der Waals surface area (Å²) in [5.74, 6) is 0.259. The van der Waals surface area contributed by atoms with Gasteiger partial charge in [-0.25, -0.2) is 8.42 Å². The van der Waals surface area contributed by atoms with Crippen molar-refractivity contribution in [1.29, 1.82) is 0 Å². The van der Waals surface area contributed by atoms with E-state index >= 15 is 0 Å². The van der Waals surface area contributed by atoms with Crippen LogP contribution >= 0.6 is 11.6 Å². The van der Waals surface area contributed by atoms with Gasteiger partial charge in [0.05, 0.1) is 22.6 Å². The Morgan fingerprint density at radius 1 is 1.20 bits per heavy atom. The molecule has 25 heavy (non-hydrogen) atoms. The van der Waals surface area contributed by atoms with Gasteiger partial charge in [0.25, 0.3) is 5.91 Å². The molecular formula is C18H20ClNO4S. The van der Waals surface area contributed by atoms with Crippen LogP contribution in [-0.4, -0.2) is 27.2 Å². The first-order valence-corrected chi connectivity index (χ1v) is 10.0. The molecule has 0 radical (unpaired) electrons. The Kier molecular flexibility index (Phi) is 6.08. The molecule has 5 nitrogen and oxygen atoms in total. The Balaban J connectivity index is 2.10. The molecular weight excluding hydrogens is 362 g/mol. The summed E-state index contributed by atoms with van der Waals surface area (Å²) in [7, 11) is -3.24. The zero-order valence-corrected chi connectivity index (χ0v) is 15.8. The third-order valence-electron chi connectivity index (χ3n) is 3.65. The highest BCUT2D eigenvalue weighted by atomic mass is 35.5. The maximum absolute atomic E-state index is 12.4. The SMILES string of the molecule is CCOc1ccc(C(=O)N[C@H](C)c2ccc(S(C)(=O)=O)cc2)cc1Cl. The second-order valence-corrected chi connectivity index (χ2v) is 8.04. The van der Waals surface area contributed by atoms with E-state index in [9.17, 15) is 13.2 Å². The van der Waals surface area contributed by atoms with Crippen LogP contribution in [0.5, 0.6) is 5.75 Å². The predicted octanol–water partition coefficient (Wildman–Crippen LogP) is 3.63. The molecule has 0 aliphatic heterocycles. The van der Waals surface area contributed by atoms with Crippen LogP contribution in [0, 0.1) is 0 Å². The van der Waals surface area contributed by atoms with Crippen LogP contribution in [-0.2, 0) is 9.84 Å². The summed E-state index contributed by atoms with van der Waals surface area (Å²) in [5, 5.41) is 3.24. The third-order valence-corrected chi connectivity index (χ3v) is 5.07. The molecule has 0 unspecified atom stereocenters. The summed E-state index contributed by atoms with van der Waals surface area (Å²) < 4.78 is 28.3. The second kappa shape index (κ2) is 7.89. The highest BCUT2D eigenvalue weighted by Gasteiger charge is 2.14. The van der Waals surface area contributed by atoms with Gasteiger partial charge in [-0.15, -0.1) is 0 Å². The number of halogens is 1. The lowest BCUT2D eigenvalue weighted by molar-refractivity contribution is 0.0940. The van der Waals surface area contributed by atoms with Crippen molar-refractivity contribution >= 4 is 27.3 Å². The minimum Gasteiger partial charge on any atom is -0.492 e. The van der Waals surface area contributed by atoms with E-state index in [1.165, 1.54) is 12.1 Å². The first-order valence-electron chi connectivity index (χ1n) is 7.75. The maximum Gasteiger partial charge on any atom is 0.251 e. The van der Waals surface area contributed by atoms with Gasteiger partial charge in [0.1, 0.15) is 5.75 Å². The molecule has 7 heteroatoms. The topological polar surface area (TPSA) is 72.5 Å². The van der Waals surface area contributed by atoms with Crippen LogP contribution in [0.4, 0.5) is 0 Å². The first-order chi connectivity index (χ1) is 11.7. The molecule has 134 valence electrons. The van der Waals surface area contributed by atoms with E-state index in [0.29, 0.717) is 22.9 Å². The summed E-state index contributed by atoms with van der Waals surface area (Å²) in [6, 6.07) is 11.0. The summed E-state index contributed by atoms with van der Waals surface area (Å²) in [4.78, 5) is 12.6. The van der Waals surface area contributed by atoms with Crippen molar-refractivity contribution in [2.75, 3.05) is 12.9 Å². The van der Waals surface area contributed by atoms with E-state index in [2.05, 4.69) is 5.32 Å². The Morgan fingerprint density at radius 2 is 1.84 bits per heavy atom. The number of sulfone groups is 1. The number of ether oxygens (including phenoxy) is 1. The fourth-order valence-corrected chi connectivity index (χ4v) is 3.15. The molecule has 1 N–H and O–H groups in total. The summed E-state index contributed by atoms with van der Waals surface area (Å²) in [6.45, 7) is 4.17. The highest BCUT2D eigenvalue weighted by Crippen LogP contribution is 2.26. The predicted molar refractivity (Wildman–Crippen MR) is 98.1 cm³/mol. The number of benzene rings is 2. The molecule has 0 saturated heterocycles. The van der Waals surface area contributed by atoms with Crippen LogP contribution in [0.3, 0.4) is 0 Å². The average Bonchev–Trinajstić information content (AvgIpc) is 2.56. The Morgan fingerprint density at radius 3 is 2.36 bits per heavy atom. The Hall–Kier alpha value is -2.05. The van der Waals surface area contributed by atoms with E-state index in [-0.39, 0.29) is 16.8 Å². The van der Waals surface area contributed by atoms with Gasteiger partial charge in [0.15, 0.2) is 9.84 Å². The van der Waals surface area contributed by atoms with E-state index in [1.807, 2.05) is 13.8 Å². The van der Waals surface area contributed by atoms with Crippen molar-refractivity contribution in [3.8, 4) is 5.75 Å². The summed E-state index contributed by atoms with van der Waals surface area (Å²) >= 11 is 6.10. The largest absolute Gasteiger partial charge is 0.492 e. The second-order valence-electron chi connectivity index (χ2n) is 5.61. The number of hydrogen-bond acceptors (Lipinski definition) is 4. The molecule has 2 aromatic carbocycles. The zero-order chi connectivity index (χ0) is 18.6. The van der Waals surface area contributed by atoms with E-state index in [4.69, 9.17) is 16.3 Å². The van der Waals surface area contributed by atoms with E-state index in [0.717, 1.165) is 11.8 Å². The first kappa shape index (κ1) is 19.3. The van der Waals surface area contributed by atoms with Gasteiger partial charge in [0.2, 0.25) is 0 Å². The summed E-state index contributed by atoms with van der Waals surface area (Å²) in [5.41, 5.74) is 1.23. The van der Waals surface area contributed by atoms with Gasteiger partial charge >= 0.3 is 0 Å². The van der Waals surface area contributed by atoms with Gasteiger partial charge in [-0.1, -0.05) is 23.7 Å². The van der Waals surface area contributed by atoms with Gasteiger partial charge < -0.3 is 10.1 Å². The van der Waals surface area contributed by atoms with Gasteiger partial charge in [0, 0.05) is 11.8 Å². The van der Waals surface area contributed by atoms with E-state index in [1.54, 1.807) is 30.3 Å². The van der Waals surface area contributed by atoms with Crippen molar-refractivity contribution in [3.63, 3.8) is 0 Å². The van der Waals surface area contributed by atoms with Crippen LogP contribution in [0.2, 0.25) is 5.02 Å². The van der Waals surface area contributed by atoms with Crippen molar-refractivity contribution in [2.45, 2.75) is 24.8 Å². The quantitative estimate of drug-likeness (QED) is 0.829. The molecule has 0 bridgehead atoms. The van der Waals surface area contributed by atoms with Crippen LogP contribution in [0.25, 0.3) is 0 Å². The monoisotopic (exact) mass is 381 g/mol. The van der Waals surface area contributed by atoms with Gasteiger partial charge in [-0.05, 0) is 49.7 Å². The summed E-state index contributed by atoms with van der Waals surface area (Å²) in [6.07, 6.45) is 1.16. The number of rotatable bonds is 6. The lowest BCUT2D eigenvalue weighted by atomic mass is 10.1. The fourth-order valence-electron chi connectivity index (χ4n) is 2.28. The smallest absolute Gasteiger partial charge is 0.251 e. The van der Waals surface area contributed by atoms with E-state index < -0.39 is 9.84 Å². The minimum atomic E-state index is -3.24. The molecule has 0 saturated carbocycles. The lowest BCUT2D eigenvalue weighted by Crippen LogP contribution is -2.26. The fraction of sp³-hybridized carbons (Fsp3) is 0.278. The van der Waals surface area contributed by atoms with Gasteiger partial charge in [-0.2, -0.15) is 0 Å². The molecule has 0 fully saturated rings. The number of carbonyl (C=O) groups is 1. The molecule has 0 spiro atoms. The highest BCUT2D eigenvalue weighted by molar-refractivity contribution is 7.90. The molecule has 1 amide bonds. The molecule has 0 aliphatic carbocycles. The molecule has 1 atom stereocenters. The molecule has 2 aromatic rings. The van der Waals surface area contributed by atoms with Crippen LogP contribution < -0.4 is 10.1 Å².